The van der Waals surface area contributed by atoms with Gasteiger partial charge in [-0.2, -0.15) is 0 Å². The molecule has 2 unspecified atom stereocenters. The zero-order chi connectivity index (χ0) is 14.6. The van der Waals surface area contributed by atoms with E-state index in [-0.39, 0.29) is 23.7 Å². The number of carbonyl (C=O) groups is 1. The highest BCUT2D eigenvalue weighted by molar-refractivity contribution is 6.27. The molecule has 2 N–H and O–H groups in total. The predicted octanol–water partition coefficient (Wildman–Crippen LogP) is 0.367. The zero-order valence-electron chi connectivity index (χ0n) is 11.3. The van der Waals surface area contributed by atoms with E-state index in [9.17, 15) is 9.90 Å². The van der Waals surface area contributed by atoms with Gasteiger partial charge in [0.05, 0.1) is 6.04 Å². The van der Waals surface area contributed by atoms with Crippen LogP contribution in [-0.4, -0.2) is 27.9 Å². The van der Waals surface area contributed by atoms with Crippen molar-refractivity contribution in [2.75, 3.05) is 5.88 Å². The van der Waals surface area contributed by atoms with Crippen LogP contribution in [-0.2, 0) is 11.3 Å². The molecule has 1 aliphatic heterocycles. The first-order chi connectivity index (χ1) is 10.2. The van der Waals surface area contributed by atoms with Crippen molar-refractivity contribution in [2.45, 2.75) is 19.0 Å². The fraction of sp³-hybridized carbons (Fsp3) is 0.312. The fourth-order valence-electron chi connectivity index (χ4n) is 3.66. The van der Waals surface area contributed by atoms with Crippen molar-refractivity contribution in [1.29, 1.82) is 0 Å². The molecule has 4 nitrogen and oxygen atoms in total. The number of amides is 1. The molecule has 108 valence electrons. The van der Waals surface area contributed by atoms with Crippen LogP contribution in [0.15, 0.2) is 24.3 Å². The molecule has 0 bridgehead atoms. The average Bonchev–Trinajstić information content (AvgIpc) is 2.89. The molecule has 1 amide bonds. The number of hydrazine groups is 1. The summed E-state index contributed by atoms with van der Waals surface area (Å²) in [4.78, 5) is 11.7. The molecule has 2 aliphatic carbocycles. The monoisotopic (exact) mass is 302 g/mol. The predicted molar refractivity (Wildman–Crippen MR) is 80.7 cm³/mol. The van der Waals surface area contributed by atoms with Gasteiger partial charge in [0.25, 0.3) is 0 Å². The maximum Gasteiger partial charge on any atom is 0.249 e. The SMILES string of the molecule is O=C(CCl)NN1Cc2ccc(O)c3c2=C2C(C=CCC21)C=3. The van der Waals surface area contributed by atoms with Gasteiger partial charge >= 0.3 is 0 Å². The number of aromatic hydroxyl groups is 1. The summed E-state index contributed by atoms with van der Waals surface area (Å²) in [6, 6.07) is 3.80. The van der Waals surface area contributed by atoms with E-state index in [0.29, 0.717) is 12.3 Å². The first kappa shape index (κ1) is 12.9. The van der Waals surface area contributed by atoms with E-state index in [1.807, 2.05) is 11.1 Å². The van der Waals surface area contributed by atoms with Gasteiger partial charge in [0, 0.05) is 17.7 Å². The Balaban J connectivity index is 1.89. The summed E-state index contributed by atoms with van der Waals surface area (Å²) in [5.74, 6) is 0.313. The van der Waals surface area contributed by atoms with Crippen molar-refractivity contribution in [2.24, 2.45) is 5.92 Å². The van der Waals surface area contributed by atoms with Gasteiger partial charge in [-0.25, -0.2) is 5.01 Å². The van der Waals surface area contributed by atoms with Crippen LogP contribution in [0, 0.1) is 5.92 Å². The average molecular weight is 303 g/mol. The number of hydrogen-bond donors (Lipinski definition) is 2. The minimum absolute atomic E-state index is 0.0440. The molecule has 0 radical (unpaired) electrons. The van der Waals surface area contributed by atoms with Gasteiger partial charge in [-0.1, -0.05) is 24.3 Å². The molecule has 1 heterocycles. The second kappa shape index (κ2) is 4.61. The van der Waals surface area contributed by atoms with Gasteiger partial charge in [0.1, 0.15) is 11.6 Å². The Morgan fingerprint density at radius 3 is 3.14 bits per heavy atom. The standard InChI is InChI=1S/C16H15ClN2O2/c17-7-14(21)18-19-8-10-4-5-13(20)11-6-9-2-1-3-12(19)16(9)15(10)11/h1-2,4-6,9,12,20H,3,7-8H2,(H,18,21). The quantitative estimate of drug-likeness (QED) is 0.613. The molecule has 0 saturated heterocycles. The Bertz CT molecular complexity index is 784. The number of phenolic OH excluding ortho intramolecular Hbond substituents is 1. The van der Waals surface area contributed by atoms with Crippen molar-refractivity contribution in [3.63, 3.8) is 0 Å². The third kappa shape index (κ3) is 1.83. The van der Waals surface area contributed by atoms with Crippen LogP contribution < -0.4 is 15.9 Å². The Morgan fingerprint density at radius 1 is 1.48 bits per heavy atom. The number of hydrogen-bond acceptors (Lipinski definition) is 3. The largest absolute Gasteiger partial charge is 0.507 e. The Hall–Kier alpha value is -1.78. The molecule has 5 heteroatoms. The highest BCUT2D eigenvalue weighted by Crippen LogP contribution is 2.34. The lowest BCUT2D eigenvalue weighted by atomic mass is 9.84. The minimum Gasteiger partial charge on any atom is -0.507 e. The normalized spacial score (nSPS) is 25.5. The zero-order valence-corrected chi connectivity index (χ0v) is 12.1. The van der Waals surface area contributed by atoms with Crippen molar-refractivity contribution < 1.29 is 9.90 Å². The number of phenols is 1. The molecule has 0 fully saturated rings. The Kier molecular flexibility index (Phi) is 2.84. The number of alkyl halides is 1. The first-order valence-electron chi connectivity index (χ1n) is 7.04. The maximum absolute atomic E-state index is 11.7. The number of nitrogens with zero attached hydrogens (tertiary/aromatic N) is 1. The van der Waals surface area contributed by atoms with Crippen LogP contribution in [0.5, 0.6) is 5.75 Å². The Morgan fingerprint density at radius 2 is 2.33 bits per heavy atom. The first-order valence-corrected chi connectivity index (χ1v) is 7.58. The molecule has 4 rings (SSSR count). The van der Waals surface area contributed by atoms with E-state index in [0.717, 1.165) is 17.2 Å². The molecule has 21 heavy (non-hydrogen) atoms. The van der Waals surface area contributed by atoms with E-state index in [1.165, 1.54) is 10.8 Å². The summed E-state index contributed by atoms with van der Waals surface area (Å²) in [6.07, 6.45) is 7.28. The smallest absolute Gasteiger partial charge is 0.249 e. The second-order valence-corrected chi connectivity index (χ2v) is 5.92. The van der Waals surface area contributed by atoms with E-state index in [4.69, 9.17) is 11.6 Å². The summed E-state index contributed by atoms with van der Waals surface area (Å²) >= 11 is 5.61. The van der Waals surface area contributed by atoms with E-state index < -0.39 is 0 Å². The number of nitrogens with one attached hydrogen (secondary N) is 1. The van der Waals surface area contributed by atoms with Crippen LogP contribution in [0.4, 0.5) is 0 Å². The summed E-state index contributed by atoms with van der Waals surface area (Å²) < 4.78 is 0. The second-order valence-electron chi connectivity index (χ2n) is 5.66. The van der Waals surface area contributed by atoms with Gasteiger partial charge in [0.2, 0.25) is 5.91 Å². The molecule has 3 aliphatic rings. The summed E-state index contributed by atoms with van der Waals surface area (Å²) in [6.45, 7) is 0.633. The number of allylic oxidation sites excluding steroid dienone is 1. The molecular formula is C16H15ClN2O2. The fourth-order valence-corrected chi connectivity index (χ4v) is 3.72. The number of rotatable bonds is 2. The molecule has 1 aromatic carbocycles. The Labute approximate surface area is 127 Å². The minimum atomic E-state index is -0.187. The molecule has 0 saturated carbocycles. The van der Waals surface area contributed by atoms with Crippen molar-refractivity contribution >= 4 is 29.2 Å². The van der Waals surface area contributed by atoms with Crippen LogP contribution in [0.2, 0.25) is 0 Å². The summed E-state index contributed by atoms with van der Waals surface area (Å²) in [5.41, 5.74) is 5.31. The summed E-state index contributed by atoms with van der Waals surface area (Å²) in [7, 11) is 0. The van der Waals surface area contributed by atoms with Gasteiger partial charge in [-0.3, -0.25) is 10.2 Å². The molecule has 2 atom stereocenters. The van der Waals surface area contributed by atoms with Crippen LogP contribution >= 0.6 is 11.6 Å². The van der Waals surface area contributed by atoms with Crippen LogP contribution in [0.3, 0.4) is 0 Å². The third-order valence-electron chi connectivity index (χ3n) is 4.47. The van der Waals surface area contributed by atoms with E-state index in [1.54, 1.807) is 6.07 Å². The number of benzene rings is 1. The van der Waals surface area contributed by atoms with Crippen LogP contribution in [0.25, 0.3) is 11.6 Å². The summed E-state index contributed by atoms with van der Waals surface area (Å²) in [5, 5.41) is 14.2. The maximum atomic E-state index is 11.7. The highest BCUT2D eigenvalue weighted by atomic mass is 35.5. The van der Waals surface area contributed by atoms with Gasteiger partial charge in [0.15, 0.2) is 0 Å². The number of carbonyl (C=O) groups excluding carboxylic acids is 1. The van der Waals surface area contributed by atoms with Crippen molar-refractivity contribution in [1.82, 2.24) is 10.4 Å². The third-order valence-corrected chi connectivity index (χ3v) is 4.71. The van der Waals surface area contributed by atoms with E-state index >= 15 is 0 Å². The van der Waals surface area contributed by atoms with E-state index in [2.05, 4.69) is 23.7 Å². The van der Waals surface area contributed by atoms with Crippen LogP contribution in [0.1, 0.15) is 12.0 Å². The molecule has 1 aromatic rings. The highest BCUT2D eigenvalue weighted by Gasteiger charge is 2.36. The van der Waals surface area contributed by atoms with Crippen molar-refractivity contribution in [3.05, 3.63) is 40.3 Å². The molecular weight excluding hydrogens is 288 g/mol. The van der Waals surface area contributed by atoms with Crippen molar-refractivity contribution in [3.8, 4) is 5.75 Å². The lowest BCUT2D eigenvalue weighted by Crippen LogP contribution is -2.54. The molecule has 0 aromatic heterocycles. The van der Waals surface area contributed by atoms with Gasteiger partial charge in [-0.15, -0.1) is 11.6 Å². The van der Waals surface area contributed by atoms with Gasteiger partial charge in [-0.05, 0) is 28.8 Å². The molecule has 0 spiro atoms. The lowest BCUT2D eigenvalue weighted by molar-refractivity contribution is -0.124. The lowest BCUT2D eigenvalue weighted by Gasteiger charge is -2.39. The van der Waals surface area contributed by atoms with Gasteiger partial charge < -0.3 is 5.11 Å². The number of halogens is 1. The topological polar surface area (TPSA) is 52.6 Å².